The Morgan fingerprint density at radius 2 is 1.81 bits per heavy atom. The number of aromatic nitrogens is 1. The minimum Gasteiger partial charge on any atom is -0.303 e. The molecule has 0 aliphatic heterocycles. The fraction of sp³-hybridized carbons (Fsp3) is 0.250. The van der Waals surface area contributed by atoms with Gasteiger partial charge in [-0.2, -0.15) is 0 Å². The molecule has 2 aromatic rings. The van der Waals surface area contributed by atoms with E-state index in [1.165, 1.54) is 6.26 Å². The molecule has 0 aliphatic rings. The first-order valence-corrected chi connectivity index (χ1v) is 8.47. The summed E-state index contributed by atoms with van der Waals surface area (Å²) in [4.78, 5) is 16.0. The molecule has 0 bridgehead atoms. The summed E-state index contributed by atoms with van der Waals surface area (Å²) < 4.78 is 22.8. The highest BCUT2D eigenvalue weighted by Gasteiger charge is 2.14. The van der Waals surface area contributed by atoms with Crippen LogP contribution in [0.3, 0.4) is 0 Å². The first-order valence-electron chi connectivity index (χ1n) is 6.58. The lowest BCUT2D eigenvalue weighted by atomic mass is 9.97. The zero-order chi connectivity index (χ0) is 15.5. The maximum atomic E-state index is 11.4. The molecule has 4 nitrogen and oxygen atoms in total. The number of aryl methyl sites for hydroxylation is 1. The average Bonchev–Trinajstić information content (AvgIpc) is 2.44. The number of hydrogen-bond acceptors (Lipinski definition) is 4. The summed E-state index contributed by atoms with van der Waals surface area (Å²) in [6.07, 6.45) is 2.56. The molecular formula is C16H17NO3S. The van der Waals surface area contributed by atoms with Gasteiger partial charge in [-0.05, 0) is 43.2 Å². The SMILES string of the molecule is Cc1cccc(C(C=O)Cc2ccc(S(C)(=O)=O)cc2)n1. The molecule has 0 spiro atoms. The van der Waals surface area contributed by atoms with Gasteiger partial charge >= 0.3 is 0 Å². The van der Waals surface area contributed by atoms with Crippen molar-refractivity contribution in [1.29, 1.82) is 0 Å². The number of nitrogens with zero attached hydrogens (tertiary/aromatic N) is 1. The molecule has 5 heteroatoms. The fourth-order valence-electron chi connectivity index (χ4n) is 2.12. The number of carbonyl (C=O) groups is 1. The van der Waals surface area contributed by atoms with Crippen molar-refractivity contribution >= 4 is 16.1 Å². The van der Waals surface area contributed by atoms with Crippen molar-refractivity contribution in [2.45, 2.75) is 24.2 Å². The Hall–Kier alpha value is -2.01. The standard InChI is InChI=1S/C16H17NO3S/c1-12-4-3-5-16(17-12)14(11-18)10-13-6-8-15(9-7-13)21(2,19)20/h3-9,11,14H,10H2,1-2H3. The van der Waals surface area contributed by atoms with Gasteiger partial charge in [-0.15, -0.1) is 0 Å². The van der Waals surface area contributed by atoms with Gasteiger partial charge in [0.25, 0.3) is 0 Å². The topological polar surface area (TPSA) is 64.1 Å². The van der Waals surface area contributed by atoms with Crippen molar-refractivity contribution in [3.63, 3.8) is 0 Å². The second kappa shape index (κ2) is 6.18. The molecular weight excluding hydrogens is 286 g/mol. The van der Waals surface area contributed by atoms with E-state index in [2.05, 4.69) is 4.98 Å². The minimum atomic E-state index is -3.19. The highest BCUT2D eigenvalue weighted by Crippen LogP contribution is 2.19. The van der Waals surface area contributed by atoms with Crippen molar-refractivity contribution in [1.82, 2.24) is 4.98 Å². The van der Waals surface area contributed by atoms with Gasteiger partial charge in [0, 0.05) is 11.9 Å². The predicted octanol–water partition coefficient (Wildman–Crippen LogP) is 2.32. The second-order valence-corrected chi connectivity index (χ2v) is 7.08. The van der Waals surface area contributed by atoms with Gasteiger partial charge in [0.1, 0.15) is 6.29 Å². The number of benzene rings is 1. The maximum absolute atomic E-state index is 11.4. The van der Waals surface area contributed by atoms with Crippen molar-refractivity contribution in [3.8, 4) is 0 Å². The van der Waals surface area contributed by atoms with E-state index in [9.17, 15) is 13.2 Å². The van der Waals surface area contributed by atoms with E-state index in [-0.39, 0.29) is 10.8 Å². The second-order valence-electron chi connectivity index (χ2n) is 5.07. The number of sulfone groups is 1. The lowest BCUT2D eigenvalue weighted by Crippen LogP contribution is -2.07. The van der Waals surface area contributed by atoms with E-state index in [0.29, 0.717) is 6.42 Å². The molecule has 2 rings (SSSR count). The Morgan fingerprint density at radius 3 is 2.33 bits per heavy atom. The zero-order valence-corrected chi connectivity index (χ0v) is 12.8. The van der Waals surface area contributed by atoms with Crippen molar-refractivity contribution in [2.75, 3.05) is 6.26 Å². The summed E-state index contributed by atoms with van der Waals surface area (Å²) in [5, 5.41) is 0. The highest BCUT2D eigenvalue weighted by atomic mass is 32.2. The van der Waals surface area contributed by atoms with E-state index >= 15 is 0 Å². The third-order valence-electron chi connectivity index (χ3n) is 3.26. The van der Waals surface area contributed by atoms with Crippen LogP contribution in [-0.4, -0.2) is 25.9 Å². The number of hydrogen-bond donors (Lipinski definition) is 0. The van der Waals surface area contributed by atoms with E-state index < -0.39 is 9.84 Å². The molecule has 1 unspecified atom stereocenters. The minimum absolute atomic E-state index is 0.280. The molecule has 1 heterocycles. The smallest absolute Gasteiger partial charge is 0.175 e. The van der Waals surface area contributed by atoms with E-state index in [1.54, 1.807) is 24.3 Å². The lowest BCUT2D eigenvalue weighted by molar-refractivity contribution is -0.109. The first kappa shape index (κ1) is 15.4. The van der Waals surface area contributed by atoms with Crippen LogP contribution in [0.25, 0.3) is 0 Å². The largest absolute Gasteiger partial charge is 0.303 e. The van der Waals surface area contributed by atoms with Crippen LogP contribution in [0.2, 0.25) is 0 Å². The Bertz CT molecular complexity index is 736. The molecule has 1 aromatic carbocycles. The molecule has 0 saturated heterocycles. The molecule has 0 radical (unpaired) electrons. The molecule has 0 amide bonds. The Morgan fingerprint density at radius 1 is 1.14 bits per heavy atom. The molecule has 0 saturated carbocycles. The molecule has 110 valence electrons. The Kier molecular flexibility index (Phi) is 4.53. The fourth-order valence-corrected chi connectivity index (χ4v) is 2.75. The Balaban J connectivity index is 2.21. The summed E-state index contributed by atoms with van der Waals surface area (Å²) in [6, 6.07) is 12.2. The lowest BCUT2D eigenvalue weighted by Gasteiger charge is -2.11. The van der Waals surface area contributed by atoms with Gasteiger partial charge in [-0.3, -0.25) is 4.98 Å². The summed E-state index contributed by atoms with van der Waals surface area (Å²) in [7, 11) is -3.19. The van der Waals surface area contributed by atoms with Gasteiger partial charge in [-0.25, -0.2) is 8.42 Å². The first-order chi connectivity index (χ1) is 9.90. The van der Waals surface area contributed by atoms with Crippen molar-refractivity contribution in [3.05, 3.63) is 59.4 Å². The van der Waals surface area contributed by atoms with Crippen LogP contribution in [0.1, 0.15) is 22.9 Å². The maximum Gasteiger partial charge on any atom is 0.175 e. The van der Waals surface area contributed by atoms with Crippen LogP contribution in [0.4, 0.5) is 0 Å². The molecule has 0 N–H and O–H groups in total. The third kappa shape index (κ3) is 3.98. The van der Waals surface area contributed by atoms with Gasteiger partial charge in [0.15, 0.2) is 9.84 Å². The molecule has 0 aliphatic carbocycles. The summed E-state index contributed by atoms with van der Waals surface area (Å²) in [5.41, 5.74) is 2.51. The monoisotopic (exact) mass is 303 g/mol. The predicted molar refractivity (Wildman–Crippen MR) is 81.0 cm³/mol. The van der Waals surface area contributed by atoms with Crippen molar-refractivity contribution < 1.29 is 13.2 Å². The van der Waals surface area contributed by atoms with E-state index in [1.807, 2.05) is 25.1 Å². The number of carbonyl (C=O) groups excluding carboxylic acids is 1. The van der Waals surface area contributed by atoms with Gasteiger partial charge in [0.05, 0.1) is 16.5 Å². The van der Waals surface area contributed by atoms with Crippen LogP contribution in [0, 0.1) is 6.92 Å². The Labute approximate surface area is 124 Å². The van der Waals surface area contributed by atoms with E-state index in [0.717, 1.165) is 23.2 Å². The van der Waals surface area contributed by atoms with Gasteiger partial charge in [-0.1, -0.05) is 18.2 Å². The zero-order valence-electron chi connectivity index (χ0n) is 12.0. The quantitative estimate of drug-likeness (QED) is 0.795. The number of aldehydes is 1. The molecule has 21 heavy (non-hydrogen) atoms. The molecule has 1 aromatic heterocycles. The third-order valence-corrected chi connectivity index (χ3v) is 4.39. The summed E-state index contributed by atoms with van der Waals surface area (Å²) >= 11 is 0. The molecule has 1 atom stereocenters. The summed E-state index contributed by atoms with van der Waals surface area (Å²) in [6.45, 7) is 1.88. The summed E-state index contributed by atoms with van der Waals surface area (Å²) in [5.74, 6) is -0.325. The van der Waals surface area contributed by atoms with Gasteiger partial charge < -0.3 is 4.79 Å². The van der Waals surface area contributed by atoms with Crippen molar-refractivity contribution in [2.24, 2.45) is 0 Å². The number of pyridine rings is 1. The van der Waals surface area contributed by atoms with Crippen LogP contribution in [0.15, 0.2) is 47.4 Å². The highest BCUT2D eigenvalue weighted by molar-refractivity contribution is 7.90. The van der Waals surface area contributed by atoms with Crippen LogP contribution < -0.4 is 0 Å². The van der Waals surface area contributed by atoms with Crippen LogP contribution in [0.5, 0.6) is 0 Å². The average molecular weight is 303 g/mol. The normalized spacial score (nSPS) is 12.9. The van der Waals surface area contributed by atoms with E-state index in [4.69, 9.17) is 0 Å². The van der Waals surface area contributed by atoms with Crippen LogP contribution >= 0.6 is 0 Å². The van der Waals surface area contributed by atoms with Gasteiger partial charge in [0.2, 0.25) is 0 Å². The molecule has 0 fully saturated rings. The van der Waals surface area contributed by atoms with Crippen LogP contribution in [-0.2, 0) is 21.1 Å². The number of rotatable bonds is 5.